The Morgan fingerprint density at radius 2 is 2.06 bits per heavy atom. The van der Waals surface area contributed by atoms with Gasteiger partial charge < -0.3 is 4.57 Å². The predicted octanol–water partition coefficient (Wildman–Crippen LogP) is 4.05. The Balaban J connectivity index is 0.00000144. The summed E-state index contributed by atoms with van der Waals surface area (Å²) in [7, 11) is 0. The molecule has 2 rings (SSSR count). The van der Waals surface area contributed by atoms with Crippen LogP contribution >= 0.6 is 39.9 Å². The van der Waals surface area contributed by atoms with E-state index in [9.17, 15) is 0 Å². The van der Waals surface area contributed by atoms with Crippen molar-refractivity contribution in [1.82, 2.24) is 9.55 Å². The molecule has 0 aliphatic heterocycles. The van der Waals surface area contributed by atoms with Gasteiger partial charge in [0.2, 0.25) is 0 Å². The van der Waals surface area contributed by atoms with Crippen molar-refractivity contribution < 1.29 is 0 Å². The summed E-state index contributed by atoms with van der Waals surface area (Å²) in [5, 5.41) is 0. The van der Waals surface area contributed by atoms with Crippen LogP contribution in [0, 0.1) is 0 Å². The third-order valence-corrected chi connectivity index (χ3v) is 3.56. The van der Waals surface area contributed by atoms with Gasteiger partial charge in [0.25, 0.3) is 0 Å². The number of benzene rings is 1. The number of aromatic nitrogens is 2. The maximum Gasteiger partial charge on any atom is 0.0948 e. The average molecular weight is 336 g/mol. The highest BCUT2D eigenvalue weighted by atomic mass is 79.9. The van der Waals surface area contributed by atoms with Crippen LogP contribution in [0.1, 0.15) is 11.3 Å². The van der Waals surface area contributed by atoms with Gasteiger partial charge >= 0.3 is 0 Å². The molecule has 0 saturated heterocycles. The van der Waals surface area contributed by atoms with E-state index >= 15 is 0 Å². The minimum Gasteiger partial charge on any atom is -0.333 e. The van der Waals surface area contributed by atoms with Crippen LogP contribution in [0.15, 0.2) is 41.3 Å². The average Bonchev–Trinajstić information content (AvgIpc) is 2.75. The number of imidazole rings is 1. The summed E-state index contributed by atoms with van der Waals surface area (Å²) >= 11 is 9.36. The number of rotatable bonds is 4. The lowest BCUT2D eigenvalue weighted by molar-refractivity contribution is 0.673. The minimum atomic E-state index is 0. The quantitative estimate of drug-likeness (QED) is 0.771. The molecule has 0 aliphatic carbocycles. The van der Waals surface area contributed by atoms with Gasteiger partial charge in [0.15, 0.2) is 0 Å². The molecule has 0 N–H and O–H groups in total. The molecule has 0 spiro atoms. The molecule has 0 aliphatic rings. The van der Waals surface area contributed by atoms with Crippen molar-refractivity contribution >= 4 is 39.9 Å². The van der Waals surface area contributed by atoms with Crippen molar-refractivity contribution in [1.29, 1.82) is 0 Å². The van der Waals surface area contributed by atoms with E-state index in [-0.39, 0.29) is 12.4 Å². The van der Waals surface area contributed by atoms with Crippen LogP contribution in [0.25, 0.3) is 0 Å². The zero-order chi connectivity index (χ0) is 11.4. The first kappa shape index (κ1) is 14.6. The number of halogens is 3. The molecule has 1 heterocycles. The minimum absolute atomic E-state index is 0. The highest BCUT2D eigenvalue weighted by Crippen LogP contribution is 2.17. The molecular weight excluding hydrogens is 323 g/mol. The largest absolute Gasteiger partial charge is 0.333 e. The van der Waals surface area contributed by atoms with Gasteiger partial charge in [0, 0.05) is 17.2 Å². The van der Waals surface area contributed by atoms with E-state index in [0.717, 1.165) is 23.1 Å². The molecule has 0 atom stereocenters. The van der Waals surface area contributed by atoms with Gasteiger partial charge in [-0.3, -0.25) is 0 Å². The molecule has 1 aromatic heterocycles. The fraction of sp³-hybridized carbons (Fsp3) is 0.250. The van der Waals surface area contributed by atoms with Gasteiger partial charge in [-0.25, -0.2) is 4.98 Å². The number of nitrogens with zero attached hydrogens (tertiary/aromatic N) is 2. The van der Waals surface area contributed by atoms with Crippen molar-refractivity contribution in [2.45, 2.75) is 18.8 Å². The van der Waals surface area contributed by atoms with Gasteiger partial charge in [-0.05, 0) is 18.1 Å². The second-order valence-corrected chi connectivity index (χ2v) is 4.68. The number of alkyl halides is 1. The lowest BCUT2D eigenvalue weighted by Crippen LogP contribution is -2.03. The van der Waals surface area contributed by atoms with E-state index in [0.29, 0.717) is 5.88 Å². The lowest BCUT2D eigenvalue weighted by atomic mass is 10.1. The standard InChI is InChI=1S/C12H12BrClN2.ClH/c13-12-4-2-1-3-10(12)5-6-16-9-15-8-11(16)7-14;/h1-4,8-9H,5-7H2;1H. The van der Waals surface area contributed by atoms with Gasteiger partial charge in [-0.15, -0.1) is 24.0 Å². The van der Waals surface area contributed by atoms with Crippen LogP contribution in [0.2, 0.25) is 0 Å². The monoisotopic (exact) mass is 334 g/mol. The lowest BCUT2D eigenvalue weighted by Gasteiger charge is -2.07. The van der Waals surface area contributed by atoms with Crippen LogP contribution in [0.5, 0.6) is 0 Å². The molecule has 0 amide bonds. The van der Waals surface area contributed by atoms with E-state index in [1.54, 1.807) is 0 Å². The number of aryl methyl sites for hydroxylation is 2. The molecular formula is C12H13BrCl2N2. The van der Waals surface area contributed by atoms with Crippen LogP contribution in [-0.2, 0) is 18.8 Å². The Bertz CT molecular complexity index is 471. The Morgan fingerprint density at radius 1 is 1.29 bits per heavy atom. The number of hydrogen-bond donors (Lipinski definition) is 0. The second-order valence-electron chi connectivity index (χ2n) is 3.55. The molecule has 2 aromatic rings. The van der Waals surface area contributed by atoms with Crippen LogP contribution in [0.3, 0.4) is 0 Å². The molecule has 1 aromatic carbocycles. The van der Waals surface area contributed by atoms with Gasteiger partial charge in [0.1, 0.15) is 0 Å². The van der Waals surface area contributed by atoms with Gasteiger partial charge in [-0.2, -0.15) is 0 Å². The van der Waals surface area contributed by atoms with E-state index in [2.05, 4.69) is 43.7 Å². The van der Waals surface area contributed by atoms with E-state index < -0.39 is 0 Å². The van der Waals surface area contributed by atoms with E-state index in [1.165, 1.54) is 5.56 Å². The van der Waals surface area contributed by atoms with Crippen LogP contribution < -0.4 is 0 Å². The molecule has 0 radical (unpaired) electrons. The Hall–Kier alpha value is -0.510. The highest BCUT2D eigenvalue weighted by Gasteiger charge is 2.02. The summed E-state index contributed by atoms with van der Waals surface area (Å²) in [5.41, 5.74) is 2.37. The van der Waals surface area contributed by atoms with Crippen LogP contribution in [-0.4, -0.2) is 9.55 Å². The zero-order valence-electron chi connectivity index (χ0n) is 9.14. The molecule has 0 fully saturated rings. The third-order valence-electron chi connectivity index (χ3n) is 2.52. The summed E-state index contributed by atoms with van der Waals surface area (Å²) in [5.74, 6) is 0.510. The van der Waals surface area contributed by atoms with Gasteiger partial charge in [0.05, 0.1) is 17.9 Å². The normalized spacial score (nSPS) is 10.0. The Labute approximate surface area is 121 Å². The molecule has 2 nitrogen and oxygen atoms in total. The SMILES string of the molecule is Cl.ClCc1cncn1CCc1ccccc1Br. The second kappa shape index (κ2) is 7.04. The Morgan fingerprint density at radius 3 is 2.76 bits per heavy atom. The molecule has 0 bridgehead atoms. The summed E-state index contributed by atoms with van der Waals surface area (Å²) in [6, 6.07) is 8.26. The number of hydrogen-bond acceptors (Lipinski definition) is 1. The van der Waals surface area contributed by atoms with E-state index in [4.69, 9.17) is 11.6 Å². The molecule has 17 heavy (non-hydrogen) atoms. The molecule has 0 unspecified atom stereocenters. The first-order chi connectivity index (χ1) is 7.81. The first-order valence-electron chi connectivity index (χ1n) is 5.09. The van der Waals surface area contributed by atoms with E-state index in [1.807, 2.05) is 18.6 Å². The smallest absolute Gasteiger partial charge is 0.0948 e. The van der Waals surface area contributed by atoms with Crippen molar-refractivity contribution in [2.75, 3.05) is 0 Å². The zero-order valence-corrected chi connectivity index (χ0v) is 12.3. The maximum absolute atomic E-state index is 5.82. The molecule has 92 valence electrons. The summed E-state index contributed by atoms with van der Waals surface area (Å²) in [6.07, 6.45) is 4.61. The Kier molecular flexibility index (Phi) is 6.03. The van der Waals surface area contributed by atoms with Crippen LogP contribution in [0.4, 0.5) is 0 Å². The summed E-state index contributed by atoms with van der Waals surface area (Å²) < 4.78 is 3.24. The van der Waals surface area contributed by atoms with Crippen molar-refractivity contribution in [3.05, 3.63) is 52.5 Å². The van der Waals surface area contributed by atoms with Crippen molar-refractivity contribution in [3.63, 3.8) is 0 Å². The summed E-state index contributed by atoms with van der Waals surface area (Å²) in [6.45, 7) is 0.907. The van der Waals surface area contributed by atoms with Crippen molar-refractivity contribution in [3.8, 4) is 0 Å². The fourth-order valence-electron chi connectivity index (χ4n) is 1.60. The molecule has 5 heteroatoms. The highest BCUT2D eigenvalue weighted by molar-refractivity contribution is 9.10. The third kappa shape index (κ3) is 3.73. The topological polar surface area (TPSA) is 17.8 Å². The van der Waals surface area contributed by atoms with Crippen molar-refractivity contribution in [2.24, 2.45) is 0 Å². The first-order valence-corrected chi connectivity index (χ1v) is 6.42. The van der Waals surface area contributed by atoms with Gasteiger partial charge in [-0.1, -0.05) is 34.1 Å². The summed E-state index contributed by atoms with van der Waals surface area (Å²) in [4.78, 5) is 4.09. The predicted molar refractivity (Wildman–Crippen MR) is 76.9 cm³/mol. The fourth-order valence-corrected chi connectivity index (χ4v) is 2.31. The molecule has 0 saturated carbocycles. The maximum atomic E-state index is 5.82.